The predicted octanol–water partition coefficient (Wildman–Crippen LogP) is 2.36. The van der Waals surface area contributed by atoms with Crippen LogP contribution in [0.2, 0.25) is 0 Å². The van der Waals surface area contributed by atoms with Gasteiger partial charge in [-0.2, -0.15) is 0 Å². The average molecular weight is 319 g/mol. The van der Waals surface area contributed by atoms with Crippen molar-refractivity contribution in [2.45, 2.75) is 44.0 Å². The third-order valence-corrected chi connectivity index (χ3v) is 4.82. The van der Waals surface area contributed by atoms with E-state index in [4.69, 9.17) is 10.7 Å². The summed E-state index contributed by atoms with van der Waals surface area (Å²) >= 11 is 0. The van der Waals surface area contributed by atoms with Crippen molar-refractivity contribution in [3.63, 3.8) is 0 Å². The van der Waals surface area contributed by atoms with Gasteiger partial charge in [0.2, 0.25) is 0 Å². The lowest BCUT2D eigenvalue weighted by Crippen LogP contribution is -2.26. The largest absolute Gasteiger partial charge is 0.351 e. The fourth-order valence-electron chi connectivity index (χ4n) is 2.16. The van der Waals surface area contributed by atoms with Crippen LogP contribution in [0.3, 0.4) is 0 Å². The van der Waals surface area contributed by atoms with Gasteiger partial charge in [-0.05, 0) is 31.7 Å². The molecule has 0 aromatic carbocycles. The fourth-order valence-corrected chi connectivity index (χ4v) is 2.92. The second kappa shape index (κ2) is 6.18. The first kappa shape index (κ1) is 15.4. The first-order chi connectivity index (χ1) is 9.41. The molecular formula is C13H19ClN2O3S. The number of aromatic nitrogens is 1. The highest BCUT2D eigenvalue weighted by atomic mass is 35.7. The van der Waals surface area contributed by atoms with Gasteiger partial charge >= 0.3 is 0 Å². The molecule has 1 N–H and O–H groups in total. The van der Waals surface area contributed by atoms with Crippen LogP contribution < -0.4 is 5.32 Å². The quantitative estimate of drug-likeness (QED) is 0.620. The molecule has 112 valence electrons. The monoisotopic (exact) mass is 318 g/mol. The van der Waals surface area contributed by atoms with Gasteiger partial charge < -0.3 is 9.88 Å². The van der Waals surface area contributed by atoms with Crippen molar-refractivity contribution < 1.29 is 13.2 Å². The van der Waals surface area contributed by atoms with E-state index in [1.165, 1.54) is 25.1 Å². The minimum atomic E-state index is -3.80. The molecule has 0 atom stereocenters. The van der Waals surface area contributed by atoms with E-state index in [9.17, 15) is 13.2 Å². The lowest BCUT2D eigenvalue weighted by molar-refractivity contribution is 0.0943. The van der Waals surface area contributed by atoms with Crippen LogP contribution in [0, 0.1) is 5.92 Å². The molecule has 1 heterocycles. The standard InChI is InChI=1S/C13H19ClN2O3S/c1-2-16-9-11(20(14,18)19)8-12(16)13(17)15-7-3-4-10-5-6-10/h8-10H,2-7H2,1H3,(H,15,17). The van der Waals surface area contributed by atoms with Crippen LogP contribution in [0.15, 0.2) is 17.2 Å². The molecule has 1 aliphatic carbocycles. The second-order valence-electron chi connectivity index (χ2n) is 5.13. The molecular weight excluding hydrogens is 300 g/mol. The van der Waals surface area contributed by atoms with Gasteiger partial charge in [0.25, 0.3) is 15.0 Å². The van der Waals surface area contributed by atoms with Crippen molar-refractivity contribution in [2.75, 3.05) is 6.54 Å². The third kappa shape index (κ3) is 3.99. The molecule has 20 heavy (non-hydrogen) atoms. The number of nitrogens with one attached hydrogen (secondary N) is 1. The minimum Gasteiger partial charge on any atom is -0.351 e. The Balaban J connectivity index is 1.98. The number of nitrogens with zero attached hydrogens (tertiary/aromatic N) is 1. The maximum Gasteiger partial charge on any atom is 0.267 e. The molecule has 5 nitrogen and oxygen atoms in total. The van der Waals surface area contributed by atoms with E-state index in [1.807, 2.05) is 6.92 Å². The van der Waals surface area contributed by atoms with Crippen molar-refractivity contribution in [3.8, 4) is 0 Å². The molecule has 0 radical (unpaired) electrons. The van der Waals surface area contributed by atoms with Gasteiger partial charge in [0.1, 0.15) is 10.6 Å². The summed E-state index contributed by atoms with van der Waals surface area (Å²) in [6.07, 6.45) is 6.12. The van der Waals surface area contributed by atoms with Gasteiger partial charge in [-0.3, -0.25) is 4.79 Å². The highest BCUT2D eigenvalue weighted by Gasteiger charge is 2.21. The van der Waals surface area contributed by atoms with Gasteiger partial charge in [-0.15, -0.1) is 0 Å². The van der Waals surface area contributed by atoms with E-state index in [0.29, 0.717) is 18.8 Å². The summed E-state index contributed by atoms with van der Waals surface area (Å²) in [6, 6.07) is 1.32. The summed E-state index contributed by atoms with van der Waals surface area (Å²) in [5, 5.41) is 2.82. The molecule has 1 aliphatic rings. The maximum absolute atomic E-state index is 12.1. The molecule has 1 aromatic heterocycles. The second-order valence-corrected chi connectivity index (χ2v) is 7.69. The number of carbonyl (C=O) groups excluding carboxylic acids is 1. The lowest BCUT2D eigenvalue weighted by atomic mass is 10.2. The van der Waals surface area contributed by atoms with Crippen molar-refractivity contribution >= 4 is 25.6 Å². The minimum absolute atomic E-state index is 0.0378. The zero-order valence-corrected chi connectivity index (χ0v) is 13.0. The summed E-state index contributed by atoms with van der Waals surface area (Å²) in [6.45, 7) is 2.97. The normalized spacial score (nSPS) is 15.3. The molecule has 1 amide bonds. The number of rotatable bonds is 7. The van der Waals surface area contributed by atoms with Crippen LogP contribution in [-0.2, 0) is 15.6 Å². The molecule has 2 rings (SSSR count). The molecule has 1 aromatic rings. The van der Waals surface area contributed by atoms with Gasteiger partial charge in [-0.25, -0.2) is 8.42 Å². The first-order valence-corrected chi connectivity index (χ1v) is 9.15. The zero-order valence-electron chi connectivity index (χ0n) is 11.4. The van der Waals surface area contributed by atoms with E-state index in [-0.39, 0.29) is 10.8 Å². The zero-order chi connectivity index (χ0) is 14.8. The Hall–Kier alpha value is -1.01. The predicted molar refractivity (Wildman–Crippen MR) is 77.4 cm³/mol. The van der Waals surface area contributed by atoms with Crippen LogP contribution in [0.5, 0.6) is 0 Å². The maximum atomic E-state index is 12.1. The van der Waals surface area contributed by atoms with Crippen LogP contribution >= 0.6 is 10.7 Å². The number of aryl methyl sites for hydroxylation is 1. The number of halogens is 1. The van der Waals surface area contributed by atoms with Gasteiger partial charge in [-0.1, -0.05) is 12.8 Å². The van der Waals surface area contributed by atoms with Crippen LogP contribution in [0.4, 0.5) is 0 Å². The molecule has 1 fully saturated rings. The van der Waals surface area contributed by atoms with Crippen molar-refractivity contribution in [1.82, 2.24) is 9.88 Å². The molecule has 1 saturated carbocycles. The Morgan fingerprint density at radius 3 is 2.75 bits per heavy atom. The van der Waals surface area contributed by atoms with E-state index >= 15 is 0 Å². The van der Waals surface area contributed by atoms with Gasteiger partial charge in [0, 0.05) is 30.0 Å². The highest BCUT2D eigenvalue weighted by Crippen LogP contribution is 2.33. The SMILES string of the molecule is CCn1cc(S(=O)(=O)Cl)cc1C(=O)NCCCC1CC1. The topological polar surface area (TPSA) is 68.2 Å². The van der Waals surface area contributed by atoms with E-state index in [0.717, 1.165) is 18.8 Å². The van der Waals surface area contributed by atoms with E-state index in [1.54, 1.807) is 4.57 Å². The third-order valence-electron chi connectivity index (χ3n) is 3.50. The molecule has 0 spiro atoms. The van der Waals surface area contributed by atoms with Crippen LogP contribution in [0.25, 0.3) is 0 Å². The highest BCUT2D eigenvalue weighted by molar-refractivity contribution is 8.13. The Morgan fingerprint density at radius 1 is 1.50 bits per heavy atom. The molecule has 0 aliphatic heterocycles. The summed E-state index contributed by atoms with van der Waals surface area (Å²) in [5.41, 5.74) is 0.332. The molecule has 0 unspecified atom stereocenters. The van der Waals surface area contributed by atoms with E-state index in [2.05, 4.69) is 5.32 Å². The van der Waals surface area contributed by atoms with Crippen LogP contribution in [-0.4, -0.2) is 25.4 Å². The average Bonchev–Trinajstić information content (AvgIpc) is 3.08. The van der Waals surface area contributed by atoms with Gasteiger partial charge in [0.05, 0.1) is 0 Å². The Morgan fingerprint density at radius 2 is 2.20 bits per heavy atom. The molecule has 0 saturated heterocycles. The summed E-state index contributed by atoms with van der Waals surface area (Å²) < 4.78 is 24.2. The fraction of sp³-hybridized carbons (Fsp3) is 0.615. The number of carbonyl (C=O) groups is 1. The van der Waals surface area contributed by atoms with Crippen molar-refractivity contribution in [3.05, 3.63) is 18.0 Å². The van der Waals surface area contributed by atoms with Crippen LogP contribution in [0.1, 0.15) is 43.1 Å². The van der Waals surface area contributed by atoms with E-state index < -0.39 is 9.05 Å². The smallest absolute Gasteiger partial charge is 0.267 e. The summed E-state index contributed by atoms with van der Waals surface area (Å²) in [5.74, 6) is 0.591. The van der Waals surface area contributed by atoms with Crippen molar-refractivity contribution in [2.24, 2.45) is 5.92 Å². The van der Waals surface area contributed by atoms with Gasteiger partial charge in [0.15, 0.2) is 0 Å². The number of hydrogen-bond donors (Lipinski definition) is 1. The Labute approximate surface area is 123 Å². The number of amides is 1. The Kier molecular flexibility index (Phi) is 4.75. The summed E-state index contributed by atoms with van der Waals surface area (Å²) in [7, 11) is 1.50. The summed E-state index contributed by atoms with van der Waals surface area (Å²) in [4.78, 5) is 12.0. The molecule has 7 heteroatoms. The van der Waals surface area contributed by atoms with Crippen molar-refractivity contribution in [1.29, 1.82) is 0 Å². The number of hydrogen-bond acceptors (Lipinski definition) is 3. The first-order valence-electron chi connectivity index (χ1n) is 6.85. The molecule has 0 bridgehead atoms. The lowest BCUT2D eigenvalue weighted by Gasteiger charge is -2.07. The Bertz CT molecular complexity index is 591.